The standard InChI is InChI=1S/2C35H41.2CH3.H2Si.Zr/c2*1-34(2,3)28-15-11-26(12-16-28)30-19-20-31(27-13-17-29(18-14-27)35(4,5)6)33-23-25(22-32(30)33)21-24-9-7-8-10-24;;;;/h2*11-20,22-24H,7-10,21H2,1-6H3;2*1H3;1H2;. The van der Waals surface area contributed by atoms with Gasteiger partial charge in [0.25, 0.3) is 0 Å². The summed E-state index contributed by atoms with van der Waals surface area (Å²) in [5.41, 5.74) is 26.9. The van der Waals surface area contributed by atoms with Gasteiger partial charge in [-0.15, -0.1) is 0 Å². The first-order valence-corrected chi connectivity index (χ1v) is 42.7. The van der Waals surface area contributed by atoms with Crippen LogP contribution in [0.25, 0.3) is 56.7 Å². The van der Waals surface area contributed by atoms with Gasteiger partial charge in [0.15, 0.2) is 0 Å². The normalized spacial score (nSPS) is 19.0. The van der Waals surface area contributed by atoms with Gasteiger partial charge in [-0.25, -0.2) is 0 Å². The molecular weight excluding hydrogens is 984 g/mol. The van der Waals surface area contributed by atoms with Crippen LogP contribution in [0.5, 0.6) is 0 Å². The second-order valence-electron chi connectivity index (χ2n) is 29.2. The first-order chi connectivity index (χ1) is 34.7. The van der Waals surface area contributed by atoms with Gasteiger partial charge in [-0.05, 0) is 0 Å². The number of fused-ring (bicyclic) bond motifs is 2. The van der Waals surface area contributed by atoms with Crippen molar-refractivity contribution < 1.29 is 17.4 Å². The Morgan fingerprint density at radius 1 is 0.365 bits per heavy atom. The zero-order chi connectivity index (χ0) is 52.8. The van der Waals surface area contributed by atoms with E-state index in [9.17, 15) is 0 Å². The Kier molecular flexibility index (Phi) is 14.0. The quantitative estimate of drug-likeness (QED) is 0.120. The third kappa shape index (κ3) is 10.3. The molecule has 2 atom stereocenters. The number of allylic oxidation sites excluding steroid dienone is 2. The summed E-state index contributed by atoms with van der Waals surface area (Å²) in [5.74, 6) is 1.50. The fourth-order valence-corrected chi connectivity index (χ4v) is 34.0. The number of hydrogen-bond acceptors (Lipinski definition) is 0. The Morgan fingerprint density at radius 3 is 0.865 bits per heavy atom. The van der Waals surface area contributed by atoms with Crippen LogP contribution in [0.15, 0.2) is 132 Å². The van der Waals surface area contributed by atoms with Crippen LogP contribution >= 0.6 is 0 Å². The van der Waals surface area contributed by atoms with E-state index >= 15 is 0 Å². The molecule has 4 aliphatic carbocycles. The molecule has 0 radical (unpaired) electrons. The average molecular weight is 1070 g/mol. The number of benzene rings is 6. The summed E-state index contributed by atoms with van der Waals surface area (Å²) >= 11 is -4.37. The van der Waals surface area contributed by atoms with Gasteiger partial charge in [0.2, 0.25) is 0 Å². The van der Waals surface area contributed by atoms with Crippen LogP contribution in [0.2, 0.25) is 9.26 Å². The van der Waals surface area contributed by atoms with E-state index in [2.05, 4.69) is 233 Å². The minimum atomic E-state index is -4.37. The topological polar surface area (TPSA) is 0 Å². The van der Waals surface area contributed by atoms with Crippen molar-refractivity contribution in [2.75, 3.05) is 0 Å². The van der Waals surface area contributed by atoms with E-state index in [0.29, 0.717) is 7.25 Å². The third-order valence-corrected chi connectivity index (χ3v) is 36.1. The first-order valence-electron chi connectivity index (χ1n) is 29.0. The van der Waals surface area contributed by atoms with Gasteiger partial charge >= 0.3 is 455 Å². The molecule has 0 amide bonds. The zero-order valence-electron chi connectivity index (χ0n) is 48.3. The molecular formula is C72H90SiZr. The number of hydrogen-bond donors (Lipinski definition) is 0. The summed E-state index contributed by atoms with van der Waals surface area (Å²) in [7, 11) is 0. The summed E-state index contributed by atoms with van der Waals surface area (Å²) in [6.07, 6.45) is 19.0. The molecule has 2 fully saturated rings. The summed E-state index contributed by atoms with van der Waals surface area (Å²) in [6, 6.07) is 49.1. The molecule has 0 bridgehead atoms. The molecule has 0 nitrogen and oxygen atoms in total. The second-order valence-corrected chi connectivity index (χ2v) is 59.7. The van der Waals surface area contributed by atoms with Crippen molar-refractivity contribution in [3.8, 4) is 44.5 Å². The third-order valence-electron chi connectivity index (χ3n) is 18.7. The molecule has 0 aromatic heterocycles. The van der Waals surface area contributed by atoms with E-state index in [4.69, 9.17) is 0 Å². The zero-order valence-corrected chi connectivity index (χ0v) is 52.2. The molecule has 4 aliphatic rings. The maximum absolute atomic E-state index is 4.37. The van der Waals surface area contributed by atoms with Crippen molar-refractivity contribution in [3.05, 3.63) is 177 Å². The van der Waals surface area contributed by atoms with Gasteiger partial charge in [-0.1, -0.05) is 0 Å². The van der Waals surface area contributed by atoms with Crippen molar-refractivity contribution in [1.29, 1.82) is 0 Å². The van der Waals surface area contributed by atoms with Crippen LogP contribution in [0.3, 0.4) is 0 Å². The summed E-state index contributed by atoms with van der Waals surface area (Å²) < 4.78 is 6.70. The summed E-state index contributed by atoms with van der Waals surface area (Å²) in [5, 5.41) is 0. The first kappa shape index (κ1) is 53.3. The minimum absolute atomic E-state index is 0.0886. The Morgan fingerprint density at radius 2 is 0.608 bits per heavy atom. The molecule has 0 spiro atoms. The van der Waals surface area contributed by atoms with Crippen LogP contribution in [0.4, 0.5) is 0 Å². The van der Waals surface area contributed by atoms with E-state index in [0.717, 1.165) is 11.8 Å². The van der Waals surface area contributed by atoms with Crippen LogP contribution < -0.4 is 0 Å². The van der Waals surface area contributed by atoms with E-state index in [-0.39, 0.29) is 21.7 Å². The van der Waals surface area contributed by atoms with E-state index < -0.39 is 17.4 Å². The van der Waals surface area contributed by atoms with Gasteiger partial charge in [-0.2, -0.15) is 0 Å². The summed E-state index contributed by atoms with van der Waals surface area (Å²) in [6.45, 7) is 30.7. The molecule has 2 saturated carbocycles. The molecule has 0 aliphatic heterocycles. The Bertz CT molecular complexity index is 2970. The predicted octanol–water partition coefficient (Wildman–Crippen LogP) is 20.6. The molecule has 0 heterocycles. The fraction of sp³-hybridized carbons (Fsp3) is 0.444. The van der Waals surface area contributed by atoms with Crippen LogP contribution in [-0.4, -0.2) is 6.88 Å². The molecule has 6 aromatic rings. The average Bonchev–Trinajstić information content (AvgIpc) is 4.19. The molecule has 386 valence electrons. The van der Waals surface area contributed by atoms with Crippen molar-refractivity contribution in [2.24, 2.45) is 11.8 Å². The molecule has 2 heteroatoms. The predicted molar refractivity (Wildman–Crippen MR) is 324 cm³/mol. The SMILES string of the molecule is CC(C)(C)c1ccc(-c2ccc(-c3ccc(C(C)(C)C)cc3)c3c2C=C(CC2CCCC2)[CH]3[Zr]([CH3])([CH3])(=[SiH2])[CH]2C(CC3CCCC3)=Cc3c(-c4ccc(C(C)(C)C)cc4)ccc(-c4ccc(C(C)(C)C)cc4)c32)cc1. The van der Waals surface area contributed by atoms with Gasteiger partial charge in [0.05, 0.1) is 0 Å². The second kappa shape index (κ2) is 19.4. The van der Waals surface area contributed by atoms with Gasteiger partial charge in [-0.3, -0.25) is 0 Å². The van der Waals surface area contributed by atoms with Crippen molar-refractivity contribution >= 4 is 19.0 Å². The van der Waals surface area contributed by atoms with E-state index in [1.54, 1.807) is 22.3 Å². The molecule has 10 rings (SSSR count). The molecule has 0 saturated heterocycles. The van der Waals surface area contributed by atoms with Crippen molar-refractivity contribution in [1.82, 2.24) is 0 Å². The van der Waals surface area contributed by atoms with Crippen LogP contribution in [0, 0.1) is 11.8 Å². The monoisotopic (exact) mass is 1070 g/mol. The Hall–Kier alpha value is -4.10. The van der Waals surface area contributed by atoms with Crippen LogP contribution in [0.1, 0.15) is 199 Å². The molecule has 0 N–H and O–H groups in total. The maximum atomic E-state index is 2.96. The molecule has 6 aromatic carbocycles. The number of rotatable bonds is 10. The van der Waals surface area contributed by atoms with E-state index in [1.807, 2.05) is 0 Å². The summed E-state index contributed by atoms with van der Waals surface area (Å²) in [4.78, 5) is 0. The van der Waals surface area contributed by atoms with E-state index in [1.165, 1.54) is 142 Å². The van der Waals surface area contributed by atoms with Gasteiger partial charge in [0, 0.05) is 0 Å². The van der Waals surface area contributed by atoms with Crippen molar-refractivity contribution in [2.45, 2.75) is 185 Å². The van der Waals surface area contributed by atoms with Crippen molar-refractivity contribution in [3.63, 3.8) is 0 Å². The van der Waals surface area contributed by atoms with Gasteiger partial charge in [0.1, 0.15) is 0 Å². The van der Waals surface area contributed by atoms with Crippen LogP contribution in [-0.2, 0) is 39.1 Å². The molecule has 2 unspecified atom stereocenters. The Labute approximate surface area is 451 Å². The Balaban J connectivity index is 1.25. The van der Waals surface area contributed by atoms with Gasteiger partial charge < -0.3 is 0 Å². The fourth-order valence-electron chi connectivity index (χ4n) is 14.5. The molecule has 74 heavy (non-hydrogen) atoms.